The van der Waals surface area contributed by atoms with Crippen LogP contribution in [0, 0.1) is 0 Å². The van der Waals surface area contributed by atoms with E-state index in [-0.39, 0.29) is 11.2 Å². The van der Waals surface area contributed by atoms with Gasteiger partial charge in [0, 0.05) is 21.0 Å². The summed E-state index contributed by atoms with van der Waals surface area (Å²) in [5.74, 6) is 2.10. The zero-order valence-corrected chi connectivity index (χ0v) is 18.1. The minimum Gasteiger partial charge on any atom is -0.294 e. The van der Waals surface area contributed by atoms with Gasteiger partial charge in [-0.2, -0.15) is 11.3 Å². The van der Waals surface area contributed by atoms with E-state index in [0.29, 0.717) is 0 Å². The van der Waals surface area contributed by atoms with Gasteiger partial charge in [0.2, 0.25) is 0 Å². The van der Waals surface area contributed by atoms with Crippen LogP contribution in [0.3, 0.4) is 0 Å². The van der Waals surface area contributed by atoms with Gasteiger partial charge in [-0.3, -0.25) is 4.79 Å². The fourth-order valence-corrected chi connectivity index (χ4v) is 6.66. The second kappa shape index (κ2) is 8.20. The molecule has 0 aliphatic heterocycles. The van der Waals surface area contributed by atoms with E-state index in [9.17, 15) is 4.79 Å². The molecular weight excluding hydrogens is 376 g/mol. The Kier molecular flexibility index (Phi) is 6.16. The van der Waals surface area contributed by atoms with Gasteiger partial charge in [-0.1, -0.05) is 44.2 Å². The van der Waals surface area contributed by atoms with Gasteiger partial charge in [0.1, 0.15) is 0 Å². The highest BCUT2D eigenvalue weighted by Gasteiger charge is 2.46. The maximum atomic E-state index is 12.8. The molecule has 4 heteroatoms. The molecule has 26 heavy (non-hydrogen) atoms. The largest absolute Gasteiger partial charge is 0.294 e. The molecule has 0 N–H and O–H groups in total. The van der Waals surface area contributed by atoms with Crippen molar-refractivity contribution in [2.45, 2.75) is 33.1 Å². The van der Waals surface area contributed by atoms with Gasteiger partial charge in [-0.15, -0.1) is 23.5 Å². The molecule has 0 saturated carbocycles. The lowest BCUT2D eigenvalue weighted by molar-refractivity contribution is -0.113. The van der Waals surface area contributed by atoms with Gasteiger partial charge >= 0.3 is 0 Å². The first kappa shape index (κ1) is 19.5. The fraction of sp³-hybridized carbons (Fsp3) is 0.318. The molecule has 0 saturated heterocycles. The van der Waals surface area contributed by atoms with E-state index in [0.717, 1.165) is 22.7 Å². The summed E-state index contributed by atoms with van der Waals surface area (Å²) in [7, 11) is 0. The standard InChI is InChI=1S/C22H24OS3/c1-5-25-20-18(15(3)23)19(16-12-13-24-14-16)21(26-6-2)22(20,4)17-10-8-7-9-11-17/h7-14H,5-6H2,1-4H3. The van der Waals surface area contributed by atoms with E-state index >= 15 is 0 Å². The summed E-state index contributed by atoms with van der Waals surface area (Å²) in [6, 6.07) is 12.8. The van der Waals surface area contributed by atoms with Crippen molar-refractivity contribution in [2.75, 3.05) is 11.5 Å². The molecule has 0 spiro atoms. The lowest BCUT2D eigenvalue weighted by atomic mass is 9.83. The highest BCUT2D eigenvalue weighted by Crippen LogP contribution is 2.59. The fourth-order valence-electron chi connectivity index (χ4n) is 3.60. The van der Waals surface area contributed by atoms with Crippen molar-refractivity contribution in [1.82, 2.24) is 0 Å². The molecule has 0 radical (unpaired) electrons. The Morgan fingerprint density at radius 1 is 1.04 bits per heavy atom. The number of benzene rings is 1. The normalized spacial score (nSPS) is 20.2. The summed E-state index contributed by atoms with van der Waals surface area (Å²) in [5, 5.41) is 4.26. The van der Waals surface area contributed by atoms with Crippen LogP contribution in [0.15, 0.2) is 62.5 Å². The van der Waals surface area contributed by atoms with Crippen LogP contribution in [0.5, 0.6) is 0 Å². The molecule has 2 aromatic rings. The van der Waals surface area contributed by atoms with E-state index in [1.807, 2.05) is 23.5 Å². The van der Waals surface area contributed by atoms with Crippen LogP contribution in [0.4, 0.5) is 0 Å². The molecule has 1 aliphatic carbocycles. The number of rotatable bonds is 7. The maximum Gasteiger partial charge on any atom is 0.161 e. The molecular formula is C22H24OS3. The van der Waals surface area contributed by atoms with Crippen LogP contribution < -0.4 is 0 Å². The Morgan fingerprint density at radius 2 is 1.69 bits per heavy atom. The lowest BCUT2D eigenvalue weighted by Gasteiger charge is -2.32. The maximum absolute atomic E-state index is 12.8. The predicted octanol–water partition coefficient (Wildman–Crippen LogP) is 6.78. The molecule has 1 aromatic carbocycles. The van der Waals surface area contributed by atoms with Crippen molar-refractivity contribution >= 4 is 46.2 Å². The molecule has 1 aliphatic rings. The summed E-state index contributed by atoms with van der Waals surface area (Å²) < 4.78 is 0. The third-order valence-corrected chi connectivity index (χ3v) is 7.77. The zero-order chi connectivity index (χ0) is 18.7. The average molecular weight is 401 g/mol. The third-order valence-electron chi connectivity index (χ3n) is 4.70. The van der Waals surface area contributed by atoms with E-state index in [1.54, 1.807) is 18.3 Å². The first-order valence-electron chi connectivity index (χ1n) is 8.90. The Balaban J connectivity index is 2.37. The summed E-state index contributed by atoms with van der Waals surface area (Å²) in [6.45, 7) is 8.35. The number of hydrogen-bond donors (Lipinski definition) is 0. The minimum atomic E-state index is -0.263. The van der Waals surface area contributed by atoms with Crippen molar-refractivity contribution < 1.29 is 4.79 Å². The number of Topliss-reactive ketones (excluding diaryl/α,β-unsaturated/α-hetero) is 1. The summed E-state index contributed by atoms with van der Waals surface area (Å²) in [6.07, 6.45) is 0. The second-order valence-corrected chi connectivity index (χ2v) is 9.66. The Bertz CT molecular complexity index is 847. The van der Waals surface area contributed by atoms with Crippen molar-refractivity contribution in [3.63, 3.8) is 0 Å². The number of carbonyl (C=O) groups is 1. The minimum absolute atomic E-state index is 0.163. The highest BCUT2D eigenvalue weighted by atomic mass is 32.2. The van der Waals surface area contributed by atoms with Crippen LogP contribution in [0.1, 0.15) is 38.8 Å². The Labute approximate surface area is 169 Å². The highest BCUT2D eigenvalue weighted by molar-refractivity contribution is 8.04. The van der Waals surface area contributed by atoms with Crippen LogP contribution in [-0.4, -0.2) is 17.3 Å². The first-order valence-corrected chi connectivity index (χ1v) is 11.8. The average Bonchev–Trinajstić information content (AvgIpc) is 3.24. The first-order chi connectivity index (χ1) is 12.6. The molecule has 1 heterocycles. The van der Waals surface area contributed by atoms with Crippen LogP contribution in [0.25, 0.3) is 5.57 Å². The summed E-state index contributed by atoms with van der Waals surface area (Å²) in [5.41, 5.74) is 4.23. The molecule has 136 valence electrons. The Hall–Kier alpha value is -1.23. The number of thiophene rings is 1. The van der Waals surface area contributed by atoms with E-state index in [4.69, 9.17) is 0 Å². The van der Waals surface area contributed by atoms with Crippen molar-refractivity contribution in [2.24, 2.45) is 0 Å². The SMILES string of the molecule is CCSC1=C(C(C)=O)C(c2ccsc2)=C(SCC)C1(C)c1ccccc1. The van der Waals surface area contributed by atoms with E-state index in [1.165, 1.54) is 20.9 Å². The predicted molar refractivity (Wildman–Crippen MR) is 119 cm³/mol. The third kappa shape index (κ3) is 3.23. The molecule has 0 amide bonds. The smallest absolute Gasteiger partial charge is 0.161 e. The van der Waals surface area contributed by atoms with E-state index in [2.05, 4.69) is 67.9 Å². The zero-order valence-electron chi connectivity index (χ0n) is 15.7. The van der Waals surface area contributed by atoms with Crippen LogP contribution in [-0.2, 0) is 10.2 Å². The number of ketones is 1. The number of allylic oxidation sites excluding steroid dienone is 4. The van der Waals surface area contributed by atoms with Crippen molar-refractivity contribution in [1.29, 1.82) is 0 Å². The summed E-state index contributed by atoms with van der Waals surface area (Å²) >= 11 is 5.38. The summed E-state index contributed by atoms with van der Waals surface area (Å²) in [4.78, 5) is 15.3. The molecule has 1 nitrogen and oxygen atoms in total. The van der Waals surface area contributed by atoms with Crippen LogP contribution >= 0.6 is 34.9 Å². The molecule has 1 unspecified atom stereocenters. The molecule has 3 rings (SSSR count). The molecule has 0 bridgehead atoms. The number of hydrogen-bond acceptors (Lipinski definition) is 4. The van der Waals surface area contributed by atoms with Gasteiger partial charge in [-0.05, 0) is 53.3 Å². The van der Waals surface area contributed by atoms with Gasteiger partial charge in [0.15, 0.2) is 5.78 Å². The van der Waals surface area contributed by atoms with Crippen molar-refractivity contribution in [3.05, 3.63) is 73.7 Å². The van der Waals surface area contributed by atoms with Gasteiger partial charge < -0.3 is 0 Å². The van der Waals surface area contributed by atoms with Gasteiger partial charge in [-0.25, -0.2) is 0 Å². The number of thioether (sulfide) groups is 2. The van der Waals surface area contributed by atoms with Crippen LogP contribution in [0.2, 0.25) is 0 Å². The molecule has 1 aromatic heterocycles. The topological polar surface area (TPSA) is 17.1 Å². The molecule has 0 fully saturated rings. The van der Waals surface area contributed by atoms with Gasteiger partial charge in [0.25, 0.3) is 0 Å². The quantitative estimate of drug-likeness (QED) is 0.510. The Morgan fingerprint density at radius 3 is 2.23 bits per heavy atom. The second-order valence-electron chi connectivity index (χ2n) is 6.33. The van der Waals surface area contributed by atoms with Crippen molar-refractivity contribution in [3.8, 4) is 0 Å². The van der Waals surface area contributed by atoms with E-state index < -0.39 is 0 Å². The molecule has 1 atom stereocenters. The number of carbonyl (C=O) groups excluding carboxylic acids is 1. The van der Waals surface area contributed by atoms with Gasteiger partial charge in [0.05, 0.1) is 5.41 Å². The lowest BCUT2D eigenvalue weighted by Crippen LogP contribution is -2.23. The monoisotopic (exact) mass is 400 g/mol.